The van der Waals surface area contributed by atoms with Gasteiger partial charge in [-0.2, -0.15) is 0 Å². The molecule has 2 rings (SSSR count). The number of nitrogens with zero attached hydrogens (tertiary/aromatic N) is 1. The Balaban J connectivity index is 2.43. The van der Waals surface area contributed by atoms with E-state index in [1.807, 2.05) is 0 Å². The zero-order valence-corrected chi connectivity index (χ0v) is 10.7. The molecule has 4 nitrogen and oxygen atoms in total. The highest BCUT2D eigenvalue weighted by molar-refractivity contribution is 9.10. The number of hydrogen-bond acceptors (Lipinski definition) is 3. The zero-order valence-electron chi connectivity index (χ0n) is 9.12. The van der Waals surface area contributed by atoms with Crippen LogP contribution < -0.4 is 9.47 Å². The molecule has 1 aromatic rings. The van der Waals surface area contributed by atoms with Crippen LogP contribution >= 0.6 is 15.9 Å². The predicted molar refractivity (Wildman–Crippen MR) is 63.1 cm³/mol. The van der Waals surface area contributed by atoms with Crippen molar-refractivity contribution >= 4 is 21.8 Å². The Morgan fingerprint density at radius 3 is 2.38 bits per heavy atom. The van der Waals surface area contributed by atoms with Gasteiger partial charge in [-0.15, -0.1) is 0 Å². The lowest BCUT2D eigenvalue weighted by Crippen LogP contribution is -2.23. The second-order valence-corrected chi connectivity index (χ2v) is 4.53. The summed E-state index contributed by atoms with van der Waals surface area (Å²) in [6.07, 6.45) is 0. The van der Waals surface area contributed by atoms with Crippen LogP contribution in [0.5, 0.6) is 11.5 Å². The highest BCUT2D eigenvalue weighted by Gasteiger charge is 2.19. The Labute approximate surface area is 102 Å². The standard InChI is InChI=1S/C11H12BrNO3/c1-13(2)11(14)7-5-9-10(6-8(7)12)16-4-3-15-9/h5-6H,3-4H2,1-2H3. The number of fused-ring (bicyclic) bond motifs is 1. The highest BCUT2D eigenvalue weighted by atomic mass is 79.9. The van der Waals surface area contributed by atoms with Gasteiger partial charge in [0.1, 0.15) is 13.2 Å². The minimum absolute atomic E-state index is 0.0659. The Morgan fingerprint density at radius 2 is 1.81 bits per heavy atom. The lowest BCUT2D eigenvalue weighted by Gasteiger charge is -2.20. The van der Waals surface area contributed by atoms with E-state index in [4.69, 9.17) is 9.47 Å². The Kier molecular flexibility index (Phi) is 3.05. The third-order valence-electron chi connectivity index (χ3n) is 2.27. The maximum Gasteiger partial charge on any atom is 0.254 e. The topological polar surface area (TPSA) is 38.8 Å². The van der Waals surface area contributed by atoms with Gasteiger partial charge in [-0.05, 0) is 28.1 Å². The summed E-state index contributed by atoms with van der Waals surface area (Å²) in [5, 5.41) is 0. The molecular weight excluding hydrogens is 274 g/mol. The lowest BCUT2D eigenvalue weighted by molar-refractivity contribution is 0.0825. The normalized spacial score (nSPS) is 13.4. The zero-order chi connectivity index (χ0) is 11.7. The van der Waals surface area contributed by atoms with Crippen molar-refractivity contribution in [2.24, 2.45) is 0 Å². The van der Waals surface area contributed by atoms with Gasteiger partial charge >= 0.3 is 0 Å². The van der Waals surface area contributed by atoms with E-state index < -0.39 is 0 Å². The molecular formula is C11H12BrNO3. The van der Waals surface area contributed by atoms with E-state index in [2.05, 4.69) is 15.9 Å². The van der Waals surface area contributed by atoms with Crippen LogP contribution in [-0.2, 0) is 0 Å². The average Bonchev–Trinajstić information content (AvgIpc) is 2.27. The largest absolute Gasteiger partial charge is 0.486 e. The van der Waals surface area contributed by atoms with Crippen molar-refractivity contribution in [2.75, 3.05) is 27.3 Å². The summed E-state index contributed by atoms with van der Waals surface area (Å²) < 4.78 is 11.6. The second kappa shape index (κ2) is 4.33. The number of hydrogen-bond donors (Lipinski definition) is 0. The van der Waals surface area contributed by atoms with Crippen LogP contribution in [0.3, 0.4) is 0 Å². The number of amides is 1. The molecule has 1 aromatic carbocycles. The fraction of sp³-hybridized carbons (Fsp3) is 0.364. The van der Waals surface area contributed by atoms with Gasteiger partial charge in [-0.1, -0.05) is 0 Å². The number of benzene rings is 1. The number of rotatable bonds is 1. The Hall–Kier alpha value is -1.23. The maximum atomic E-state index is 11.9. The molecule has 0 unspecified atom stereocenters. The van der Waals surface area contributed by atoms with Gasteiger partial charge in [-0.3, -0.25) is 4.79 Å². The first-order chi connectivity index (χ1) is 7.59. The second-order valence-electron chi connectivity index (χ2n) is 3.68. The first kappa shape index (κ1) is 11.3. The van der Waals surface area contributed by atoms with Crippen molar-refractivity contribution in [3.8, 4) is 11.5 Å². The molecule has 0 saturated carbocycles. The number of carbonyl (C=O) groups is 1. The Morgan fingerprint density at radius 1 is 1.25 bits per heavy atom. The molecule has 0 aliphatic carbocycles. The molecule has 0 radical (unpaired) electrons. The summed E-state index contributed by atoms with van der Waals surface area (Å²) in [5.74, 6) is 1.23. The van der Waals surface area contributed by atoms with E-state index in [0.717, 1.165) is 4.47 Å². The first-order valence-corrected chi connectivity index (χ1v) is 5.69. The number of halogens is 1. The molecule has 1 aliphatic rings. The third kappa shape index (κ3) is 2.00. The SMILES string of the molecule is CN(C)C(=O)c1cc2c(cc1Br)OCCO2. The van der Waals surface area contributed by atoms with Gasteiger partial charge in [0.05, 0.1) is 5.56 Å². The van der Waals surface area contributed by atoms with Gasteiger partial charge in [0.25, 0.3) is 5.91 Å². The number of carbonyl (C=O) groups excluding carboxylic acids is 1. The summed E-state index contributed by atoms with van der Waals surface area (Å²) in [6, 6.07) is 3.48. The lowest BCUT2D eigenvalue weighted by atomic mass is 10.1. The van der Waals surface area contributed by atoms with Gasteiger partial charge < -0.3 is 14.4 Å². The van der Waals surface area contributed by atoms with E-state index in [9.17, 15) is 4.79 Å². The molecule has 16 heavy (non-hydrogen) atoms. The van der Waals surface area contributed by atoms with Crippen molar-refractivity contribution in [2.45, 2.75) is 0 Å². The summed E-state index contributed by atoms with van der Waals surface area (Å²) in [7, 11) is 3.43. The van der Waals surface area contributed by atoms with Crippen LogP contribution in [0.4, 0.5) is 0 Å². The number of ether oxygens (including phenoxy) is 2. The molecule has 0 spiro atoms. The molecule has 0 saturated heterocycles. The minimum Gasteiger partial charge on any atom is -0.486 e. The van der Waals surface area contributed by atoms with Crippen molar-refractivity contribution in [3.05, 3.63) is 22.2 Å². The van der Waals surface area contributed by atoms with Gasteiger partial charge in [0.15, 0.2) is 11.5 Å². The molecule has 1 amide bonds. The van der Waals surface area contributed by atoms with Crippen molar-refractivity contribution in [1.82, 2.24) is 4.90 Å². The summed E-state index contributed by atoms with van der Waals surface area (Å²) >= 11 is 3.36. The van der Waals surface area contributed by atoms with Crippen LogP contribution in [0.15, 0.2) is 16.6 Å². The molecule has 0 atom stereocenters. The molecule has 0 aromatic heterocycles. The van der Waals surface area contributed by atoms with Gasteiger partial charge in [0.2, 0.25) is 0 Å². The highest BCUT2D eigenvalue weighted by Crippen LogP contribution is 2.35. The average molecular weight is 286 g/mol. The van der Waals surface area contributed by atoms with Crippen molar-refractivity contribution in [3.63, 3.8) is 0 Å². The van der Waals surface area contributed by atoms with E-state index in [1.54, 1.807) is 26.2 Å². The molecule has 1 heterocycles. The van der Waals surface area contributed by atoms with Crippen LogP contribution in [0, 0.1) is 0 Å². The van der Waals surface area contributed by atoms with Crippen molar-refractivity contribution in [1.29, 1.82) is 0 Å². The van der Waals surface area contributed by atoms with Gasteiger partial charge in [-0.25, -0.2) is 0 Å². The molecule has 86 valence electrons. The van der Waals surface area contributed by atoms with E-state index in [-0.39, 0.29) is 5.91 Å². The van der Waals surface area contributed by atoms with Crippen LogP contribution in [-0.4, -0.2) is 38.1 Å². The minimum atomic E-state index is -0.0659. The van der Waals surface area contributed by atoms with Crippen LogP contribution in [0.25, 0.3) is 0 Å². The molecule has 5 heteroatoms. The van der Waals surface area contributed by atoms with Crippen LogP contribution in [0.2, 0.25) is 0 Å². The molecule has 0 bridgehead atoms. The van der Waals surface area contributed by atoms with E-state index >= 15 is 0 Å². The van der Waals surface area contributed by atoms with E-state index in [1.165, 1.54) is 4.90 Å². The molecule has 0 fully saturated rings. The molecule has 1 aliphatic heterocycles. The Bertz CT molecular complexity index is 431. The molecule has 0 N–H and O–H groups in total. The maximum absolute atomic E-state index is 11.9. The predicted octanol–water partition coefficient (Wildman–Crippen LogP) is 1.92. The summed E-state index contributed by atoms with van der Waals surface area (Å²) in [5.41, 5.74) is 0.578. The van der Waals surface area contributed by atoms with E-state index in [0.29, 0.717) is 30.3 Å². The smallest absolute Gasteiger partial charge is 0.254 e. The fourth-order valence-electron chi connectivity index (χ4n) is 1.47. The monoisotopic (exact) mass is 285 g/mol. The quantitative estimate of drug-likeness (QED) is 0.791. The third-order valence-corrected chi connectivity index (χ3v) is 2.92. The van der Waals surface area contributed by atoms with Crippen LogP contribution in [0.1, 0.15) is 10.4 Å². The summed E-state index contributed by atoms with van der Waals surface area (Å²) in [4.78, 5) is 13.4. The van der Waals surface area contributed by atoms with Crippen molar-refractivity contribution < 1.29 is 14.3 Å². The first-order valence-electron chi connectivity index (χ1n) is 4.90. The summed E-state index contributed by atoms with van der Waals surface area (Å²) in [6.45, 7) is 1.06. The fourth-order valence-corrected chi connectivity index (χ4v) is 1.96. The van der Waals surface area contributed by atoms with Gasteiger partial charge in [0, 0.05) is 18.6 Å².